The Morgan fingerprint density at radius 2 is 1.62 bits per heavy atom. The van der Waals surface area contributed by atoms with E-state index in [0.29, 0.717) is 0 Å². The number of ketones is 1. The number of amides is 1. The summed E-state index contributed by atoms with van der Waals surface area (Å²) in [6.45, 7) is 0.939. The van der Waals surface area contributed by atoms with E-state index in [1.807, 2.05) is 5.32 Å². The Kier molecular flexibility index (Phi) is 6.46. The van der Waals surface area contributed by atoms with Gasteiger partial charge in [0.2, 0.25) is 5.91 Å². The highest BCUT2D eigenvalue weighted by molar-refractivity contribution is 6.13. The Hall–Kier alpha value is -2.49. The Bertz CT molecular complexity index is 475. The number of carbonyl (C=O) groups excluding carboxylic acids is 2. The third-order valence-electron chi connectivity index (χ3n) is 2.62. The molecule has 1 amide bonds. The van der Waals surface area contributed by atoms with Crippen molar-refractivity contribution in [2.45, 2.75) is 37.8 Å². The molecule has 0 saturated heterocycles. The van der Waals surface area contributed by atoms with Crippen molar-refractivity contribution in [3.8, 4) is 0 Å². The standard InChI is InChI=1S/C11H16N2O8/c1-5(14)13-11(10(20)21,3-2-7(15)16)9(19)6(12)4-8(17)18/h6H,2-4,12H2,1H3,(H,13,14)(H,15,16)(H,17,18)(H,20,21)/t6-,11+/m0/s1. The number of carboxylic acids is 3. The van der Waals surface area contributed by atoms with E-state index < -0.39 is 60.4 Å². The van der Waals surface area contributed by atoms with Gasteiger partial charge in [0, 0.05) is 13.3 Å². The zero-order chi connectivity index (χ0) is 16.8. The lowest BCUT2D eigenvalue weighted by molar-refractivity contribution is -0.155. The predicted octanol–water partition coefficient (Wildman–Crippen LogP) is -1.82. The van der Waals surface area contributed by atoms with Crippen LogP contribution in [0.15, 0.2) is 0 Å². The second-order valence-electron chi connectivity index (χ2n) is 4.35. The fourth-order valence-corrected chi connectivity index (χ4v) is 1.71. The number of carbonyl (C=O) groups is 5. The Morgan fingerprint density at radius 1 is 1.10 bits per heavy atom. The average molecular weight is 304 g/mol. The topological polar surface area (TPSA) is 184 Å². The Balaban J connectivity index is 5.56. The highest BCUT2D eigenvalue weighted by Gasteiger charge is 2.49. The van der Waals surface area contributed by atoms with Crippen molar-refractivity contribution in [2.75, 3.05) is 0 Å². The van der Waals surface area contributed by atoms with Crippen molar-refractivity contribution < 1.29 is 39.3 Å². The number of hydrogen-bond acceptors (Lipinski definition) is 6. The van der Waals surface area contributed by atoms with Gasteiger partial charge >= 0.3 is 17.9 Å². The molecule has 0 saturated carbocycles. The van der Waals surface area contributed by atoms with Crippen molar-refractivity contribution in [1.29, 1.82) is 0 Å². The molecule has 0 aliphatic carbocycles. The third-order valence-corrected chi connectivity index (χ3v) is 2.62. The molecule has 10 heteroatoms. The molecule has 0 aliphatic rings. The maximum atomic E-state index is 12.1. The third kappa shape index (κ3) is 5.18. The van der Waals surface area contributed by atoms with Crippen molar-refractivity contribution in [3.05, 3.63) is 0 Å². The first-order valence-corrected chi connectivity index (χ1v) is 5.78. The summed E-state index contributed by atoms with van der Waals surface area (Å²) in [6, 6.07) is -1.70. The SMILES string of the molecule is CC(=O)N[C@@](CCC(=O)O)(C(=O)O)C(=O)[C@@H](N)CC(=O)O. The van der Waals surface area contributed by atoms with Gasteiger partial charge in [0.25, 0.3) is 0 Å². The molecule has 118 valence electrons. The number of carboxylic acid groups (broad SMARTS) is 3. The van der Waals surface area contributed by atoms with Crippen LogP contribution in [-0.4, -0.2) is 56.5 Å². The van der Waals surface area contributed by atoms with E-state index in [1.54, 1.807) is 0 Å². The van der Waals surface area contributed by atoms with E-state index in [4.69, 9.17) is 15.9 Å². The summed E-state index contributed by atoms with van der Waals surface area (Å²) in [5.41, 5.74) is 2.76. The van der Waals surface area contributed by atoms with Crippen LogP contribution in [0.25, 0.3) is 0 Å². The van der Waals surface area contributed by atoms with Crippen molar-refractivity contribution in [1.82, 2.24) is 5.32 Å². The van der Waals surface area contributed by atoms with Crippen LogP contribution in [0.4, 0.5) is 0 Å². The predicted molar refractivity (Wildman–Crippen MR) is 66.3 cm³/mol. The van der Waals surface area contributed by atoms with Gasteiger partial charge in [0.1, 0.15) is 0 Å². The molecule has 0 fully saturated rings. The molecule has 0 unspecified atom stereocenters. The zero-order valence-corrected chi connectivity index (χ0v) is 11.2. The fourth-order valence-electron chi connectivity index (χ4n) is 1.71. The van der Waals surface area contributed by atoms with E-state index in [-0.39, 0.29) is 0 Å². The maximum absolute atomic E-state index is 12.1. The Morgan fingerprint density at radius 3 is 1.95 bits per heavy atom. The molecule has 10 nitrogen and oxygen atoms in total. The molecule has 0 aromatic carbocycles. The summed E-state index contributed by atoms with van der Waals surface area (Å²) in [7, 11) is 0. The van der Waals surface area contributed by atoms with Crippen LogP contribution in [0.1, 0.15) is 26.2 Å². The normalized spacial score (nSPS) is 14.6. The first-order valence-electron chi connectivity index (χ1n) is 5.78. The second-order valence-corrected chi connectivity index (χ2v) is 4.35. The summed E-state index contributed by atoms with van der Waals surface area (Å²) in [4.78, 5) is 55.7. The van der Waals surface area contributed by atoms with Crippen LogP contribution in [0.2, 0.25) is 0 Å². The minimum atomic E-state index is -2.57. The van der Waals surface area contributed by atoms with Gasteiger partial charge in [-0.05, 0) is 6.42 Å². The van der Waals surface area contributed by atoms with E-state index in [0.717, 1.165) is 6.92 Å². The molecule has 2 atom stereocenters. The average Bonchev–Trinajstić information content (AvgIpc) is 2.31. The first-order chi connectivity index (χ1) is 9.52. The molecule has 0 rings (SSSR count). The zero-order valence-electron chi connectivity index (χ0n) is 11.2. The first kappa shape index (κ1) is 18.5. The van der Waals surface area contributed by atoms with Gasteiger partial charge in [-0.3, -0.25) is 19.2 Å². The van der Waals surface area contributed by atoms with Gasteiger partial charge < -0.3 is 26.4 Å². The molecular weight excluding hydrogens is 288 g/mol. The lowest BCUT2D eigenvalue weighted by Gasteiger charge is -2.30. The van der Waals surface area contributed by atoms with E-state index >= 15 is 0 Å². The molecule has 0 aromatic heterocycles. The summed E-state index contributed by atoms with van der Waals surface area (Å²) < 4.78 is 0. The number of Topliss-reactive ketones (excluding diaryl/α,β-unsaturated/α-hetero) is 1. The minimum Gasteiger partial charge on any atom is -0.481 e. The van der Waals surface area contributed by atoms with Gasteiger partial charge in [-0.15, -0.1) is 0 Å². The van der Waals surface area contributed by atoms with Crippen molar-refractivity contribution in [2.24, 2.45) is 5.73 Å². The fraction of sp³-hybridized carbons (Fsp3) is 0.545. The maximum Gasteiger partial charge on any atom is 0.337 e. The van der Waals surface area contributed by atoms with E-state index in [2.05, 4.69) is 0 Å². The smallest absolute Gasteiger partial charge is 0.337 e. The lowest BCUT2D eigenvalue weighted by atomic mass is 9.84. The molecule has 21 heavy (non-hydrogen) atoms. The van der Waals surface area contributed by atoms with Gasteiger partial charge in [0.15, 0.2) is 11.3 Å². The summed E-state index contributed by atoms with van der Waals surface area (Å²) in [5, 5.41) is 28.3. The van der Waals surface area contributed by atoms with Gasteiger partial charge in [-0.2, -0.15) is 0 Å². The molecule has 0 spiro atoms. The van der Waals surface area contributed by atoms with Crippen LogP contribution < -0.4 is 11.1 Å². The molecular formula is C11H16N2O8. The molecule has 0 aliphatic heterocycles. The molecule has 0 radical (unpaired) electrons. The van der Waals surface area contributed by atoms with Crippen molar-refractivity contribution >= 4 is 29.6 Å². The Labute approximate surface area is 118 Å². The number of nitrogens with one attached hydrogen (secondary N) is 1. The van der Waals surface area contributed by atoms with Crippen LogP contribution in [0.5, 0.6) is 0 Å². The highest BCUT2D eigenvalue weighted by atomic mass is 16.4. The minimum absolute atomic E-state index is 0.724. The molecule has 6 N–H and O–H groups in total. The van der Waals surface area contributed by atoms with Crippen LogP contribution in [0, 0.1) is 0 Å². The van der Waals surface area contributed by atoms with E-state index in [1.165, 1.54) is 0 Å². The summed E-state index contributed by atoms with van der Waals surface area (Å²) >= 11 is 0. The quantitative estimate of drug-likeness (QED) is 0.306. The monoisotopic (exact) mass is 304 g/mol. The van der Waals surface area contributed by atoms with Crippen LogP contribution >= 0.6 is 0 Å². The summed E-state index contributed by atoms with van der Waals surface area (Å²) in [5.74, 6) is -6.78. The van der Waals surface area contributed by atoms with Crippen LogP contribution in [0.3, 0.4) is 0 Å². The number of aliphatic carboxylic acids is 3. The van der Waals surface area contributed by atoms with Crippen molar-refractivity contribution in [3.63, 3.8) is 0 Å². The highest BCUT2D eigenvalue weighted by Crippen LogP contribution is 2.18. The van der Waals surface area contributed by atoms with Gasteiger partial charge in [0.05, 0.1) is 12.5 Å². The van der Waals surface area contributed by atoms with Crippen LogP contribution in [-0.2, 0) is 24.0 Å². The van der Waals surface area contributed by atoms with Gasteiger partial charge in [-0.25, -0.2) is 4.79 Å². The number of nitrogens with two attached hydrogens (primary N) is 1. The molecule has 0 bridgehead atoms. The molecule has 0 aromatic rings. The largest absolute Gasteiger partial charge is 0.481 e. The number of rotatable bonds is 9. The molecule has 0 heterocycles. The summed E-state index contributed by atoms with van der Waals surface area (Å²) in [6.07, 6.45) is -2.32. The second kappa shape index (κ2) is 7.33. The lowest BCUT2D eigenvalue weighted by Crippen LogP contribution is -2.64. The van der Waals surface area contributed by atoms with Gasteiger partial charge in [-0.1, -0.05) is 0 Å². The number of hydrogen-bond donors (Lipinski definition) is 5. The van der Waals surface area contributed by atoms with E-state index in [9.17, 15) is 29.1 Å².